The molecule has 178 valence electrons. The highest BCUT2D eigenvalue weighted by Crippen LogP contribution is 2.33. The molecule has 1 amide bonds. The Morgan fingerprint density at radius 3 is 2.62 bits per heavy atom. The molecule has 0 N–H and O–H groups in total. The molecule has 0 aliphatic carbocycles. The standard InChI is InChI=1S/C25H25F2N3O4/c26-19-6-5-18(20(27)11-19)13-29(12-17-4-7-22-23(10-17)34-16-33-22)14-24-28-21(15-32-24)25(31)30-8-2-1-3-9-30/h4-7,10-11,15H,1-3,8-9,12-14,16H2. The molecule has 0 atom stereocenters. The van der Waals surface area contributed by atoms with Gasteiger partial charge in [-0.15, -0.1) is 0 Å². The Hall–Kier alpha value is -3.46. The highest BCUT2D eigenvalue weighted by molar-refractivity contribution is 5.92. The molecule has 2 aromatic carbocycles. The van der Waals surface area contributed by atoms with Gasteiger partial charge in [-0.3, -0.25) is 9.69 Å². The number of carbonyl (C=O) groups excluding carboxylic acids is 1. The van der Waals surface area contributed by atoms with E-state index in [1.807, 2.05) is 23.1 Å². The number of hydrogen-bond donors (Lipinski definition) is 0. The van der Waals surface area contributed by atoms with E-state index in [1.165, 1.54) is 18.4 Å². The SMILES string of the molecule is O=C(c1coc(CN(Cc2ccc3c(c2)OCO3)Cc2ccc(F)cc2F)n1)N1CCCCC1. The predicted molar refractivity (Wildman–Crippen MR) is 118 cm³/mol. The van der Waals surface area contributed by atoms with E-state index < -0.39 is 11.6 Å². The number of carbonyl (C=O) groups is 1. The third kappa shape index (κ3) is 5.04. The lowest BCUT2D eigenvalue weighted by atomic mass is 10.1. The van der Waals surface area contributed by atoms with Crippen molar-refractivity contribution in [1.82, 2.24) is 14.8 Å². The van der Waals surface area contributed by atoms with Crippen molar-refractivity contribution >= 4 is 5.91 Å². The Balaban J connectivity index is 1.34. The van der Waals surface area contributed by atoms with Crippen molar-refractivity contribution in [2.24, 2.45) is 0 Å². The Labute approximate surface area is 195 Å². The molecule has 0 spiro atoms. The number of fused-ring (bicyclic) bond motifs is 1. The van der Waals surface area contributed by atoms with Gasteiger partial charge in [0.1, 0.15) is 17.9 Å². The van der Waals surface area contributed by atoms with Crippen molar-refractivity contribution < 1.29 is 27.5 Å². The minimum atomic E-state index is -0.628. The molecule has 2 aliphatic rings. The summed E-state index contributed by atoms with van der Waals surface area (Å²) in [6.07, 6.45) is 4.48. The van der Waals surface area contributed by atoms with E-state index in [0.717, 1.165) is 44.0 Å². The first-order valence-corrected chi connectivity index (χ1v) is 11.3. The fourth-order valence-corrected chi connectivity index (χ4v) is 4.29. The summed E-state index contributed by atoms with van der Waals surface area (Å²) in [4.78, 5) is 20.9. The van der Waals surface area contributed by atoms with Gasteiger partial charge in [-0.1, -0.05) is 12.1 Å². The Morgan fingerprint density at radius 2 is 1.79 bits per heavy atom. The van der Waals surface area contributed by atoms with Gasteiger partial charge in [-0.2, -0.15) is 0 Å². The first kappa shape index (κ1) is 22.3. The largest absolute Gasteiger partial charge is 0.454 e. The van der Waals surface area contributed by atoms with Crippen molar-refractivity contribution in [2.75, 3.05) is 19.9 Å². The fourth-order valence-electron chi connectivity index (χ4n) is 4.29. The lowest BCUT2D eigenvalue weighted by molar-refractivity contribution is 0.0718. The van der Waals surface area contributed by atoms with Crippen LogP contribution in [0.5, 0.6) is 11.5 Å². The third-order valence-electron chi connectivity index (χ3n) is 6.03. The monoisotopic (exact) mass is 469 g/mol. The van der Waals surface area contributed by atoms with Crippen LogP contribution in [0.25, 0.3) is 0 Å². The lowest BCUT2D eigenvalue weighted by Gasteiger charge is -2.25. The molecule has 1 saturated heterocycles. The lowest BCUT2D eigenvalue weighted by Crippen LogP contribution is -2.35. The van der Waals surface area contributed by atoms with Crippen molar-refractivity contribution in [3.05, 3.63) is 77.0 Å². The summed E-state index contributed by atoms with van der Waals surface area (Å²) < 4.78 is 44.2. The van der Waals surface area contributed by atoms with Crippen molar-refractivity contribution in [3.63, 3.8) is 0 Å². The van der Waals surface area contributed by atoms with Crippen LogP contribution in [0.15, 0.2) is 47.1 Å². The number of likely N-dealkylation sites (tertiary alicyclic amines) is 1. The van der Waals surface area contributed by atoms with Crippen LogP contribution >= 0.6 is 0 Å². The molecule has 0 unspecified atom stereocenters. The molecule has 3 heterocycles. The van der Waals surface area contributed by atoms with E-state index >= 15 is 0 Å². The maximum atomic E-state index is 14.4. The van der Waals surface area contributed by atoms with Gasteiger partial charge in [0.2, 0.25) is 12.7 Å². The summed E-state index contributed by atoms with van der Waals surface area (Å²) in [5.74, 6) is 0.288. The van der Waals surface area contributed by atoms with Crippen LogP contribution in [0.1, 0.15) is 46.8 Å². The van der Waals surface area contributed by atoms with Gasteiger partial charge in [0.25, 0.3) is 5.91 Å². The van der Waals surface area contributed by atoms with Gasteiger partial charge in [0.05, 0.1) is 6.54 Å². The maximum absolute atomic E-state index is 14.4. The number of benzene rings is 2. The number of aromatic nitrogens is 1. The molecule has 3 aromatic rings. The molecule has 0 radical (unpaired) electrons. The van der Waals surface area contributed by atoms with Gasteiger partial charge >= 0.3 is 0 Å². The van der Waals surface area contributed by atoms with Gasteiger partial charge in [0, 0.05) is 37.8 Å². The number of ether oxygens (including phenoxy) is 2. The second-order valence-corrected chi connectivity index (χ2v) is 8.55. The van der Waals surface area contributed by atoms with Crippen molar-refractivity contribution in [1.29, 1.82) is 0 Å². The van der Waals surface area contributed by atoms with E-state index in [4.69, 9.17) is 13.9 Å². The number of hydrogen-bond acceptors (Lipinski definition) is 6. The zero-order valence-electron chi connectivity index (χ0n) is 18.6. The Morgan fingerprint density at radius 1 is 0.971 bits per heavy atom. The second-order valence-electron chi connectivity index (χ2n) is 8.55. The number of amides is 1. The van der Waals surface area contributed by atoms with Gasteiger partial charge < -0.3 is 18.8 Å². The van der Waals surface area contributed by atoms with Crippen LogP contribution in [0.2, 0.25) is 0 Å². The molecular weight excluding hydrogens is 444 g/mol. The summed E-state index contributed by atoms with van der Waals surface area (Å²) in [6.45, 7) is 2.47. The molecule has 0 saturated carbocycles. The first-order valence-electron chi connectivity index (χ1n) is 11.3. The number of rotatable bonds is 7. The Kier molecular flexibility index (Phi) is 6.44. The van der Waals surface area contributed by atoms with Crippen molar-refractivity contribution in [2.45, 2.75) is 38.9 Å². The number of halogens is 2. The van der Waals surface area contributed by atoms with E-state index in [2.05, 4.69) is 4.98 Å². The van der Waals surface area contributed by atoms with E-state index in [9.17, 15) is 13.6 Å². The number of oxazole rings is 1. The van der Waals surface area contributed by atoms with E-state index in [0.29, 0.717) is 29.5 Å². The van der Waals surface area contributed by atoms with Crippen molar-refractivity contribution in [3.8, 4) is 11.5 Å². The van der Waals surface area contributed by atoms with Crippen LogP contribution in [0.3, 0.4) is 0 Å². The van der Waals surface area contributed by atoms with Crippen LogP contribution in [-0.2, 0) is 19.6 Å². The first-order chi connectivity index (χ1) is 16.5. The summed E-state index contributed by atoms with van der Waals surface area (Å²) in [6, 6.07) is 9.14. The zero-order valence-corrected chi connectivity index (χ0v) is 18.6. The molecule has 7 nitrogen and oxygen atoms in total. The van der Waals surface area contributed by atoms with Crippen LogP contribution in [0.4, 0.5) is 8.78 Å². The second kappa shape index (κ2) is 9.80. The smallest absolute Gasteiger partial charge is 0.275 e. The van der Waals surface area contributed by atoms with Crippen LogP contribution in [-0.4, -0.2) is 40.6 Å². The molecule has 0 bridgehead atoms. The van der Waals surface area contributed by atoms with Gasteiger partial charge in [-0.05, 0) is 43.0 Å². The predicted octanol–water partition coefficient (Wildman–Crippen LogP) is 4.51. The Bertz CT molecular complexity index is 1180. The molecule has 5 rings (SSSR count). The van der Waals surface area contributed by atoms with Crippen LogP contribution < -0.4 is 9.47 Å². The summed E-state index contributed by atoms with van der Waals surface area (Å²) >= 11 is 0. The molecule has 1 aromatic heterocycles. The zero-order chi connectivity index (χ0) is 23.5. The molecule has 34 heavy (non-hydrogen) atoms. The molecule has 9 heteroatoms. The van der Waals surface area contributed by atoms with Gasteiger partial charge in [0.15, 0.2) is 17.2 Å². The fraction of sp³-hybridized carbons (Fsp3) is 0.360. The van der Waals surface area contributed by atoms with E-state index in [1.54, 1.807) is 4.90 Å². The summed E-state index contributed by atoms with van der Waals surface area (Å²) in [5.41, 5.74) is 1.54. The van der Waals surface area contributed by atoms with Crippen LogP contribution in [0, 0.1) is 11.6 Å². The maximum Gasteiger partial charge on any atom is 0.275 e. The quantitative estimate of drug-likeness (QED) is 0.507. The van der Waals surface area contributed by atoms with E-state index in [-0.39, 0.29) is 31.5 Å². The average molecular weight is 469 g/mol. The summed E-state index contributed by atoms with van der Waals surface area (Å²) in [7, 11) is 0. The number of nitrogens with zero attached hydrogens (tertiary/aromatic N) is 3. The normalized spacial score (nSPS) is 15.2. The minimum absolute atomic E-state index is 0.137. The van der Waals surface area contributed by atoms with Gasteiger partial charge in [-0.25, -0.2) is 13.8 Å². The molecule has 1 fully saturated rings. The molecule has 2 aliphatic heterocycles. The summed E-state index contributed by atoms with van der Waals surface area (Å²) in [5, 5.41) is 0. The third-order valence-corrected chi connectivity index (χ3v) is 6.03. The number of piperidine rings is 1. The molecular formula is C25H25F2N3O4. The average Bonchev–Trinajstić information content (AvgIpc) is 3.50. The minimum Gasteiger partial charge on any atom is -0.454 e. The highest BCUT2D eigenvalue weighted by Gasteiger charge is 2.23. The topological polar surface area (TPSA) is 68.0 Å². The highest BCUT2D eigenvalue weighted by atomic mass is 19.1.